The maximum Gasteiger partial charge on any atom is 0.229 e. The van der Waals surface area contributed by atoms with Crippen molar-refractivity contribution in [1.82, 2.24) is 0 Å². The lowest BCUT2D eigenvalue weighted by Crippen LogP contribution is -2.28. The van der Waals surface area contributed by atoms with Gasteiger partial charge in [0.1, 0.15) is 13.2 Å². The zero-order chi connectivity index (χ0) is 18.8. The van der Waals surface area contributed by atoms with E-state index in [1.54, 1.807) is 17.0 Å². The van der Waals surface area contributed by atoms with Gasteiger partial charge in [-0.05, 0) is 36.2 Å². The molecule has 6 heteroatoms. The highest BCUT2D eigenvalue weighted by atomic mass is 16.6. The van der Waals surface area contributed by atoms with Gasteiger partial charge < -0.3 is 19.7 Å². The summed E-state index contributed by atoms with van der Waals surface area (Å²) in [6, 6.07) is 13.2. The highest BCUT2D eigenvalue weighted by Crippen LogP contribution is 2.36. The van der Waals surface area contributed by atoms with Crippen LogP contribution >= 0.6 is 0 Å². The van der Waals surface area contributed by atoms with Crippen LogP contribution in [0.25, 0.3) is 0 Å². The molecule has 2 aliphatic heterocycles. The lowest BCUT2D eigenvalue weighted by atomic mass is 10.1. The third kappa shape index (κ3) is 3.60. The fourth-order valence-electron chi connectivity index (χ4n) is 3.40. The van der Waals surface area contributed by atoms with Gasteiger partial charge in [-0.1, -0.05) is 19.1 Å². The average Bonchev–Trinajstić information content (AvgIpc) is 3.10. The number of carbonyl (C=O) groups is 2. The summed E-state index contributed by atoms with van der Waals surface area (Å²) in [6.07, 6.45) is 1.16. The lowest BCUT2D eigenvalue weighted by Gasteiger charge is -2.22. The first-order valence-corrected chi connectivity index (χ1v) is 9.24. The van der Waals surface area contributed by atoms with E-state index in [1.165, 1.54) is 5.56 Å². The fraction of sp³-hybridized carbons (Fsp3) is 0.333. The number of nitrogens with zero attached hydrogens (tertiary/aromatic N) is 1. The summed E-state index contributed by atoms with van der Waals surface area (Å²) in [4.78, 5) is 26.7. The Morgan fingerprint density at radius 3 is 2.59 bits per heavy atom. The molecular formula is C21H22N2O4. The molecule has 27 heavy (non-hydrogen) atoms. The number of hydrogen-bond acceptors (Lipinski definition) is 4. The monoisotopic (exact) mass is 366 g/mol. The molecule has 1 atom stereocenters. The molecule has 2 aromatic rings. The second-order valence-electron chi connectivity index (χ2n) is 6.77. The number of amides is 2. The third-order valence-electron chi connectivity index (χ3n) is 4.96. The summed E-state index contributed by atoms with van der Waals surface area (Å²) < 4.78 is 11.1. The first-order valence-electron chi connectivity index (χ1n) is 9.24. The minimum atomic E-state index is -0.378. The number of anilines is 2. The minimum absolute atomic E-state index is 0.0619. The summed E-state index contributed by atoms with van der Waals surface area (Å²) in [7, 11) is 0. The van der Waals surface area contributed by atoms with Crippen molar-refractivity contribution in [2.45, 2.75) is 19.8 Å². The minimum Gasteiger partial charge on any atom is -0.486 e. The zero-order valence-electron chi connectivity index (χ0n) is 15.2. The van der Waals surface area contributed by atoms with Crippen LogP contribution in [0.2, 0.25) is 0 Å². The van der Waals surface area contributed by atoms with Crippen LogP contribution in [0.3, 0.4) is 0 Å². The summed E-state index contributed by atoms with van der Waals surface area (Å²) >= 11 is 0. The molecule has 1 fully saturated rings. The Labute approximate surface area is 158 Å². The predicted octanol–water partition coefficient (Wildman–Crippen LogP) is 3.01. The van der Waals surface area contributed by atoms with E-state index in [4.69, 9.17) is 9.47 Å². The third-order valence-corrected chi connectivity index (χ3v) is 4.96. The predicted molar refractivity (Wildman–Crippen MR) is 102 cm³/mol. The summed E-state index contributed by atoms with van der Waals surface area (Å²) in [5.41, 5.74) is 2.70. The normalized spacial score (nSPS) is 18.5. The Kier molecular flexibility index (Phi) is 4.71. The fourth-order valence-corrected chi connectivity index (χ4v) is 3.40. The number of hydrogen-bond donors (Lipinski definition) is 1. The molecule has 140 valence electrons. The summed E-state index contributed by atoms with van der Waals surface area (Å²) in [6.45, 7) is 3.46. The van der Waals surface area contributed by atoms with E-state index in [0.29, 0.717) is 31.3 Å². The number of ether oxygens (including phenoxy) is 2. The van der Waals surface area contributed by atoms with Crippen molar-refractivity contribution >= 4 is 23.2 Å². The molecular weight excluding hydrogens is 344 g/mol. The van der Waals surface area contributed by atoms with Gasteiger partial charge in [-0.25, -0.2) is 0 Å². The number of fused-ring (bicyclic) bond motifs is 1. The number of carbonyl (C=O) groups excluding carboxylic acids is 2. The van der Waals surface area contributed by atoms with Gasteiger partial charge in [0.15, 0.2) is 11.5 Å². The van der Waals surface area contributed by atoms with E-state index < -0.39 is 0 Å². The molecule has 4 rings (SSSR count). The molecule has 2 amide bonds. The van der Waals surface area contributed by atoms with Crippen LogP contribution in [-0.2, 0) is 16.0 Å². The molecule has 2 heterocycles. The van der Waals surface area contributed by atoms with Gasteiger partial charge in [0.2, 0.25) is 11.8 Å². The van der Waals surface area contributed by atoms with E-state index in [2.05, 4.69) is 12.2 Å². The quantitative estimate of drug-likeness (QED) is 0.903. The highest BCUT2D eigenvalue weighted by molar-refractivity contribution is 6.03. The van der Waals surface area contributed by atoms with Crippen molar-refractivity contribution in [2.75, 3.05) is 30.0 Å². The van der Waals surface area contributed by atoms with E-state index >= 15 is 0 Å². The lowest BCUT2D eigenvalue weighted by molar-refractivity contribution is -0.122. The molecule has 6 nitrogen and oxygen atoms in total. The number of benzene rings is 2. The Hall–Kier alpha value is -3.02. The molecule has 0 aromatic heterocycles. The van der Waals surface area contributed by atoms with Crippen LogP contribution in [0.1, 0.15) is 18.9 Å². The molecule has 0 bridgehead atoms. The smallest absolute Gasteiger partial charge is 0.229 e. The first kappa shape index (κ1) is 17.4. The van der Waals surface area contributed by atoms with Gasteiger partial charge in [0.25, 0.3) is 0 Å². The van der Waals surface area contributed by atoms with Gasteiger partial charge >= 0.3 is 0 Å². The van der Waals surface area contributed by atoms with Crippen LogP contribution in [0, 0.1) is 5.92 Å². The van der Waals surface area contributed by atoms with Crippen LogP contribution in [0.15, 0.2) is 42.5 Å². The summed E-state index contributed by atoms with van der Waals surface area (Å²) in [5, 5.41) is 2.92. The Bertz CT molecular complexity index is 863. The molecule has 2 aromatic carbocycles. The van der Waals surface area contributed by atoms with Crippen molar-refractivity contribution in [3.05, 3.63) is 48.0 Å². The van der Waals surface area contributed by atoms with Gasteiger partial charge in [-0.3, -0.25) is 9.59 Å². The maximum atomic E-state index is 12.6. The van der Waals surface area contributed by atoms with Crippen LogP contribution < -0.4 is 19.7 Å². The van der Waals surface area contributed by atoms with Crippen LogP contribution in [0.5, 0.6) is 11.5 Å². The molecule has 1 N–H and O–H groups in total. The van der Waals surface area contributed by atoms with Crippen molar-refractivity contribution in [2.24, 2.45) is 5.92 Å². The molecule has 0 aliphatic carbocycles. The van der Waals surface area contributed by atoms with Crippen molar-refractivity contribution < 1.29 is 19.1 Å². The van der Waals surface area contributed by atoms with Gasteiger partial charge in [-0.15, -0.1) is 0 Å². The van der Waals surface area contributed by atoms with Crippen molar-refractivity contribution in [1.29, 1.82) is 0 Å². The second kappa shape index (κ2) is 7.31. The topological polar surface area (TPSA) is 67.9 Å². The zero-order valence-corrected chi connectivity index (χ0v) is 15.2. The molecule has 2 aliphatic rings. The van der Waals surface area contributed by atoms with Crippen LogP contribution in [-0.4, -0.2) is 31.6 Å². The highest BCUT2D eigenvalue weighted by Gasteiger charge is 2.35. The molecule has 0 saturated carbocycles. The Morgan fingerprint density at radius 2 is 1.85 bits per heavy atom. The molecule has 0 radical (unpaired) electrons. The van der Waals surface area contributed by atoms with Gasteiger partial charge in [0.05, 0.1) is 5.92 Å². The van der Waals surface area contributed by atoms with E-state index in [1.807, 2.05) is 30.3 Å². The SMILES string of the molecule is CCc1ccc(NC(=O)C2CC(=O)N(c3ccc4c(c3)OCCO4)C2)cc1. The van der Waals surface area contributed by atoms with Crippen molar-refractivity contribution in [3.63, 3.8) is 0 Å². The number of aryl methyl sites for hydroxylation is 1. The first-order chi connectivity index (χ1) is 13.1. The Balaban J connectivity index is 1.44. The number of rotatable bonds is 4. The molecule has 1 saturated heterocycles. The molecule has 1 unspecified atom stereocenters. The largest absolute Gasteiger partial charge is 0.486 e. The second-order valence-corrected chi connectivity index (χ2v) is 6.77. The standard InChI is InChI=1S/C21H22N2O4/c1-2-14-3-5-16(6-4-14)22-21(25)15-11-20(24)23(13-15)17-7-8-18-19(12-17)27-10-9-26-18/h3-8,12,15H,2,9-11,13H2,1H3,(H,22,25). The summed E-state index contributed by atoms with van der Waals surface area (Å²) in [5.74, 6) is 0.745. The van der Waals surface area contributed by atoms with Gasteiger partial charge in [-0.2, -0.15) is 0 Å². The number of nitrogens with one attached hydrogen (secondary N) is 1. The van der Waals surface area contributed by atoms with Gasteiger partial charge in [0, 0.05) is 30.4 Å². The maximum absolute atomic E-state index is 12.6. The van der Waals surface area contributed by atoms with Crippen LogP contribution in [0.4, 0.5) is 11.4 Å². The van der Waals surface area contributed by atoms with E-state index in [-0.39, 0.29) is 24.2 Å². The molecule has 0 spiro atoms. The van der Waals surface area contributed by atoms with E-state index in [0.717, 1.165) is 17.8 Å². The Morgan fingerprint density at radius 1 is 1.11 bits per heavy atom. The average molecular weight is 366 g/mol. The van der Waals surface area contributed by atoms with Crippen molar-refractivity contribution in [3.8, 4) is 11.5 Å². The van der Waals surface area contributed by atoms with E-state index in [9.17, 15) is 9.59 Å².